The molecule has 0 radical (unpaired) electrons. The van der Waals surface area contributed by atoms with E-state index in [1.54, 1.807) is 14.2 Å². The molecule has 6 nitrogen and oxygen atoms in total. The fraction of sp³-hybridized carbons (Fsp3) is 0.400. The monoisotopic (exact) mass is 352 g/mol. The van der Waals surface area contributed by atoms with Crippen LogP contribution in [0.5, 0.6) is 11.5 Å². The lowest BCUT2D eigenvalue weighted by Crippen LogP contribution is -2.35. The number of hydrogen-bond acceptors (Lipinski definition) is 5. The lowest BCUT2D eigenvalue weighted by Gasteiger charge is -2.26. The van der Waals surface area contributed by atoms with Crippen LogP contribution >= 0.6 is 0 Å². The van der Waals surface area contributed by atoms with E-state index in [1.807, 2.05) is 24.4 Å². The standard InChI is InChI=1S/C20H24N4O2/c1-12-8-14(6-7-21-12)20-22-11-17-16(24-20)10-15(23-17)13-4-5-18(25-2)19(9-13)26-3/h4-5,9-12,14,21,23H,6-8H2,1-3H3. The van der Waals surface area contributed by atoms with Gasteiger partial charge in [-0.15, -0.1) is 0 Å². The average Bonchev–Trinajstić information content (AvgIpc) is 3.10. The highest BCUT2D eigenvalue weighted by atomic mass is 16.5. The minimum absolute atomic E-state index is 0.426. The number of piperidine rings is 1. The highest BCUT2D eigenvalue weighted by Gasteiger charge is 2.22. The summed E-state index contributed by atoms with van der Waals surface area (Å²) in [5, 5.41) is 3.48. The molecule has 2 atom stereocenters. The Morgan fingerprint density at radius 2 is 1.96 bits per heavy atom. The maximum absolute atomic E-state index is 5.41. The van der Waals surface area contributed by atoms with Crippen LogP contribution < -0.4 is 14.8 Å². The van der Waals surface area contributed by atoms with Gasteiger partial charge in [0.2, 0.25) is 0 Å². The quantitative estimate of drug-likeness (QED) is 0.752. The first-order chi connectivity index (χ1) is 12.7. The lowest BCUT2D eigenvalue weighted by molar-refractivity contribution is 0.355. The Hall–Kier alpha value is -2.60. The smallest absolute Gasteiger partial charge is 0.161 e. The van der Waals surface area contributed by atoms with Gasteiger partial charge in [0, 0.05) is 23.2 Å². The minimum Gasteiger partial charge on any atom is -0.493 e. The van der Waals surface area contributed by atoms with Gasteiger partial charge in [0.05, 0.1) is 31.4 Å². The maximum atomic E-state index is 5.41. The van der Waals surface area contributed by atoms with Gasteiger partial charge in [-0.2, -0.15) is 0 Å². The molecule has 4 rings (SSSR count). The molecule has 1 saturated heterocycles. The Balaban J connectivity index is 1.67. The number of aromatic amines is 1. The van der Waals surface area contributed by atoms with E-state index in [4.69, 9.17) is 14.5 Å². The first-order valence-corrected chi connectivity index (χ1v) is 8.99. The van der Waals surface area contributed by atoms with E-state index in [1.165, 1.54) is 0 Å². The van der Waals surface area contributed by atoms with Crippen molar-refractivity contribution in [2.45, 2.75) is 31.7 Å². The van der Waals surface area contributed by atoms with Crippen molar-refractivity contribution >= 4 is 11.0 Å². The van der Waals surface area contributed by atoms with Crippen LogP contribution in [0.2, 0.25) is 0 Å². The zero-order valence-corrected chi connectivity index (χ0v) is 15.4. The van der Waals surface area contributed by atoms with Crippen molar-refractivity contribution in [1.29, 1.82) is 0 Å². The summed E-state index contributed by atoms with van der Waals surface area (Å²) >= 11 is 0. The third-order valence-electron chi connectivity index (χ3n) is 5.07. The number of ether oxygens (including phenoxy) is 2. The molecule has 2 unspecified atom stereocenters. The molecule has 2 aromatic heterocycles. The fourth-order valence-corrected chi connectivity index (χ4v) is 3.66. The average molecular weight is 352 g/mol. The van der Waals surface area contributed by atoms with Gasteiger partial charge < -0.3 is 19.8 Å². The predicted octanol–water partition coefficient (Wildman–Crippen LogP) is 3.50. The van der Waals surface area contributed by atoms with Crippen LogP contribution in [0.25, 0.3) is 22.3 Å². The van der Waals surface area contributed by atoms with Crippen LogP contribution in [0.1, 0.15) is 31.5 Å². The maximum Gasteiger partial charge on any atom is 0.161 e. The lowest BCUT2D eigenvalue weighted by atomic mass is 9.92. The Morgan fingerprint density at radius 1 is 1.12 bits per heavy atom. The fourth-order valence-electron chi connectivity index (χ4n) is 3.66. The normalized spacial score (nSPS) is 20.3. The molecule has 1 fully saturated rings. The van der Waals surface area contributed by atoms with Crippen LogP contribution in [-0.4, -0.2) is 41.8 Å². The third-order valence-corrected chi connectivity index (χ3v) is 5.07. The Kier molecular flexibility index (Phi) is 4.51. The van der Waals surface area contributed by atoms with Crippen LogP contribution in [-0.2, 0) is 0 Å². The molecule has 0 saturated carbocycles. The molecule has 0 amide bonds. The largest absolute Gasteiger partial charge is 0.493 e. The summed E-state index contributed by atoms with van der Waals surface area (Å²) in [6.07, 6.45) is 4.07. The summed E-state index contributed by atoms with van der Waals surface area (Å²) in [7, 11) is 3.28. The van der Waals surface area contributed by atoms with Gasteiger partial charge in [0.15, 0.2) is 11.5 Å². The van der Waals surface area contributed by atoms with Crippen LogP contribution in [0, 0.1) is 0 Å². The number of rotatable bonds is 4. The van der Waals surface area contributed by atoms with Gasteiger partial charge in [-0.25, -0.2) is 9.97 Å². The van der Waals surface area contributed by atoms with Crippen molar-refractivity contribution in [3.05, 3.63) is 36.3 Å². The topological polar surface area (TPSA) is 72.1 Å². The van der Waals surface area contributed by atoms with Crippen molar-refractivity contribution in [1.82, 2.24) is 20.3 Å². The molecule has 3 aromatic rings. The molecule has 1 aliphatic heterocycles. The van der Waals surface area contributed by atoms with E-state index in [0.29, 0.717) is 17.7 Å². The number of benzene rings is 1. The molecule has 2 N–H and O–H groups in total. The second-order valence-corrected chi connectivity index (χ2v) is 6.86. The Morgan fingerprint density at radius 3 is 2.73 bits per heavy atom. The summed E-state index contributed by atoms with van der Waals surface area (Å²) in [5.74, 6) is 2.80. The van der Waals surface area contributed by atoms with E-state index < -0.39 is 0 Å². The van der Waals surface area contributed by atoms with Gasteiger partial charge in [-0.05, 0) is 50.6 Å². The second-order valence-electron chi connectivity index (χ2n) is 6.86. The molecule has 1 aliphatic rings. The van der Waals surface area contributed by atoms with Crippen LogP contribution in [0.15, 0.2) is 30.5 Å². The predicted molar refractivity (Wildman–Crippen MR) is 102 cm³/mol. The molecular formula is C20H24N4O2. The van der Waals surface area contributed by atoms with E-state index in [0.717, 1.165) is 53.3 Å². The zero-order chi connectivity index (χ0) is 18.1. The number of fused-ring (bicyclic) bond motifs is 1. The molecule has 0 aliphatic carbocycles. The number of H-pyrrole nitrogens is 1. The van der Waals surface area contributed by atoms with Crippen molar-refractivity contribution < 1.29 is 9.47 Å². The molecule has 136 valence electrons. The van der Waals surface area contributed by atoms with Crippen LogP contribution in [0.4, 0.5) is 0 Å². The second kappa shape index (κ2) is 6.96. The minimum atomic E-state index is 0.426. The van der Waals surface area contributed by atoms with E-state index >= 15 is 0 Å². The van der Waals surface area contributed by atoms with Gasteiger partial charge in [-0.3, -0.25) is 0 Å². The Bertz CT molecular complexity index is 921. The highest BCUT2D eigenvalue weighted by Crippen LogP contribution is 2.33. The van der Waals surface area contributed by atoms with Gasteiger partial charge in [-0.1, -0.05) is 0 Å². The Labute approximate surface area is 153 Å². The molecular weight excluding hydrogens is 328 g/mol. The number of hydrogen-bond donors (Lipinski definition) is 2. The van der Waals surface area contributed by atoms with E-state index in [9.17, 15) is 0 Å². The highest BCUT2D eigenvalue weighted by molar-refractivity contribution is 5.82. The number of nitrogens with one attached hydrogen (secondary N) is 2. The molecule has 1 aromatic carbocycles. The molecule has 0 spiro atoms. The van der Waals surface area contributed by atoms with E-state index in [2.05, 4.69) is 28.3 Å². The first-order valence-electron chi connectivity index (χ1n) is 8.99. The number of aromatic nitrogens is 3. The summed E-state index contributed by atoms with van der Waals surface area (Å²) in [5.41, 5.74) is 3.91. The van der Waals surface area contributed by atoms with Crippen molar-refractivity contribution in [2.24, 2.45) is 0 Å². The zero-order valence-electron chi connectivity index (χ0n) is 15.4. The van der Waals surface area contributed by atoms with Crippen molar-refractivity contribution in [3.63, 3.8) is 0 Å². The summed E-state index contributed by atoms with van der Waals surface area (Å²) in [6, 6.07) is 8.47. The van der Waals surface area contributed by atoms with Crippen molar-refractivity contribution in [2.75, 3.05) is 20.8 Å². The van der Waals surface area contributed by atoms with Gasteiger partial charge in [0.25, 0.3) is 0 Å². The molecule has 26 heavy (non-hydrogen) atoms. The summed E-state index contributed by atoms with van der Waals surface area (Å²) in [6.45, 7) is 3.24. The number of nitrogens with zero attached hydrogens (tertiary/aromatic N) is 2. The first kappa shape index (κ1) is 16.8. The van der Waals surface area contributed by atoms with Crippen molar-refractivity contribution in [3.8, 4) is 22.8 Å². The van der Waals surface area contributed by atoms with E-state index in [-0.39, 0.29) is 0 Å². The van der Waals surface area contributed by atoms with Gasteiger partial charge in [0.1, 0.15) is 5.82 Å². The SMILES string of the molecule is COc1ccc(-c2cc3nc(C4CCNC(C)C4)ncc3[nH]2)cc1OC. The third kappa shape index (κ3) is 3.12. The molecule has 3 heterocycles. The molecule has 0 bridgehead atoms. The van der Waals surface area contributed by atoms with Crippen LogP contribution in [0.3, 0.4) is 0 Å². The summed E-state index contributed by atoms with van der Waals surface area (Å²) < 4.78 is 10.7. The van der Waals surface area contributed by atoms with Gasteiger partial charge >= 0.3 is 0 Å². The molecule has 6 heteroatoms. The number of methoxy groups -OCH3 is 2. The summed E-state index contributed by atoms with van der Waals surface area (Å²) in [4.78, 5) is 12.9.